The quantitative estimate of drug-likeness (QED) is 0.718. The van der Waals surface area contributed by atoms with E-state index in [2.05, 4.69) is 15.6 Å². The van der Waals surface area contributed by atoms with E-state index in [1.165, 1.54) is 12.4 Å². The highest BCUT2D eigenvalue weighted by molar-refractivity contribution is 5.97. The largest absolute Gasteiger partial charge is 0.394 e. The summed E-state index contributed by atoms with van der Waals surface area (Å²) in [5.74, 6) is -0.727. The standard InChI is InChI=1S/C14H19N3O3/c18-9-12(14(20)16-11-3-1-2-4-11)17-13(19)10-5-7-15-8-6-10/h5-8,11-12,18H,1-4,9H2,(H,16,20)(H,17,19). The van der Waals surface area contributed by atoms with Gasteiger partial charge in [0.15, 0.2) is 0 Å². The van der Waals surface area contributed by atoms with Crippen molar-refractivity contribution in [3.8, 4) is 0 Å². The number of rotatable bonds is 5. The SMILES string of the molecule is O=C(NC(CO)C(=O)NC1CCCC1)c1ccncc1. The average Bonchev–Trinajstić information content (AvgIpc) is 2.98. The number of nitrogens with zero attached hydrogens (tertiary/aromatic N) is 1. The molecule has 1 aliphatic carbocycles. The fourth-order valence-electron chi connectivity index (χ4n) is 2.31. The lowest BCUT2D eigenvalue weighted by Gasteiger charge is -2.19. The van der Waals surface area contributed by atoms with Gasteiger partial charge in [0.25, 0.3) is 5.91 Å². The summed E-state index contributed by atoms with van der Waals surface area (Å²) in [5, 5.41) is 14.7. The van der Waals surface area contributed by atoms with Crippen LogP contribution in [0.3, 0.4) is 0 Å². The minimum absolute atomic E-state index is 0.161. The van der Waals surface area contributed by atoms with E-state index in [0.717, 1.165) is 25.7 Å². The summed E-state index contributed by atoms with van der Waals surface area (Å²) < 4.78 is 0. The van der Waals surface area contributed by atoms with Gasteiger partial charge in [0.1, 0.15) is 6.04 Å². The molecule has 0 spiro atoms. The van der Waals surface area contributed by atoms with E-state index in [4.69, 9.17) is 0 Å². The molecule has 108 valence electrons. The van der Waals surface area contributed by atoms with Crippen molar-refractivity contribution in [3.05, 3.63) is 30.1 Å². The zero-order chi connectivity index (χ0) is 14.4. The van der Waals surface area contributed by atoms with Crippen LogP contribution in [0.15, 0.2) is 24.5 Å². The molecule has 1 aromatic heterocycles. The van der Waals surface area contributed by atoms with Crippen LogP contribution in [0.2, 0.25) is 0 Å². The summed E-state index contributed by atoms with van der Waals surface area (Å²) in [4.78, 5) is 27.7. The van der Waals surface area contributed by atoms with Crippen molar-refractivity contribution in [2.24, 2.45) is 0 Å². The van der Waals surface area contributed by atoms with Crippen LogP contribution >= 0.6 is 0 Å². The molecule has 0 aromatic carbocycles. The topological polar surface area (TPSA) is 91.3 Å². The van der Waals surface area contributed by atoms with Crippen molar-refractivity contribution in [1.29, 1.82) is 0 Å². The zero-order valence-corrected chi connectivity index (χ0v) is 11.2. The summed E-state index contributed by atoms with van der Waals surface area (Å²) >= 11 is 0. The van der Waals surface area contributed by atoms with E-state index in [0.29, 0.717) is 5.56 Å². The van der Waals surface area contributed by atoms with Crippen LogP contribution in [0.1, 0.15) is 36.0 Å². The lowest BCUT2D eigenvalue weighted by molar-refractivity contribution is -0.124. The summed E-state index contributed by atoms with van der Waals surface area (Å²) in [6, 6.07) is 2.35. The Hall–Kier alpha value is -1.95. The van der Waals surface area contributed by atoms with Crippen LogP contribution < -0.4 is 10.6 Å². The van der Waals surface area contributed by atoms with Crippen LogP contribution in [0.4, 0.5) is 0 Å². The van der Waals surface area contributed by atoms with Gasteiger partial charge < -0.3 is 15.7 Å². The van der Waals surface area contributed by atoms with Crippen LogP contribution in [-0.4, -0.2) is 40.6 Å². The van der Waals surface area contributed by atoms with Gasteiger partial charge in [-0.1, -0.05) is 12.8 Å². The number of carbonyl (C=O) groups is 2. The van der Waals surface area contributed by atoms with Crippen LogP contribution in [0, 0.1) is 0 Å². The Morgan fingerprint density at radius 2 is 1.95 bits per heavy atom. The van der Waals surface area contributed by atoms with Crippen LogP contribution in [-0.2, 0) is 4.79 Å². The number of hydrogen-bond acceptors (Lipinski definition) is 4. The third-order valence-electron chi connectivity index (χ3n) is 3.45. The molecule has 0 radical (unpaired) electrons. The second kappa shape index (κ2) is 7.00. The highest BCUT2D eigenvalue weighted by Crippen LogP contribution is 2.17. The number of nitrogens with one attached hydrogen (secondary N) is 2. The molecule has 1 heterocycles. The van der Waals surface area contributed by atoms with Gasteiger partial charge in [-0.05, 0) is 25.0 Å². The molecule has 20 heavy (non-hydrogen) atoms. The van der Waals surface area contributed by atoms with Crippen molar-refractivity contribution in [1.82, 2.24) is 15.6 Å². The highest BCUT2D eigenvalue weighted by atomic mass is 16.3. The maximum atomic E-state index is 12.0. The molecule has 3 N–H and O–H groups in total. The molecule has 1 atom stereocenters. The average molecular weight is 277 g/mol. The molecule has 1 aliphatic rings. The summed E-state index contributed by atoms with van der Waals surface area (Å²) in [6.07, 6.45) is 7.14. The number of amides is 2. The van der Waals surface area contributed by atoms with Gasteiger partial charge in [0, 0.05) is 24.0 Å². The second-order valence-corrected chi connectivity index (χ2v) is 4.93. The number of aromatic nitrogens is 1. The highest BCUT2D eigenvalue weighted by Gasteiger charge is 2.24. The lowest BCUT2D eigenvalue weighted by Crippen LogP contribution is -2.51. The Bertz CT molecular complexity index is 458. The molecule has 1 unspecified atom stereocenters. The molecule has 2 amide bonds. The van der Waals surface area contributed by atoms with Crippen molar-refractivity contribution in [2.75, 3.05) is 6.61 Å². The number of carbonyl (C=O) groups excluding carboxylic acids is 2. The molecule has 6 nitrogen and oxygen atoms in total. The maximum absolute atomic E-state index is 12.0. The first kappa shape index (κ1) is 14.5. The summed E-state index contributed by atoms with van der Waals surface area (Å²) in [6.45, 7) is -0.421. The number of pyridine rings is 1. The summed E-state index contributed by atoms with van der Waals surface area (Å²) in [7, 11) is 0. The minimum Gasteiger partial charge on any atom is -0.394 e. The van der Waals surface area contributed by atoms with Crippen LogP contribution in [0.5, 0.6) is 0 Å². The predicted octanol–water partition coefficient (Wildman–Crippen LogP) is 0.231. The van der Waals surface area contributed by atoms with E-state index >= 15 is 0 Å². The summed E-state index contributed by atoms with van der Waals surface area (Å²) in [5.41, 5.74) is 0.409. The Morgan fingerprint density at radius 3 is 2.55 bits per heavy atom. The van der Waals surface area contributed by atoms with Crippen molar-refractivity contribution in [2.45, 2.75) is 37.8 Å². The van der Waals surface area contributed by atoms with Crippen LogP contribution in [0.25, 0.3) is 0 Å². The Kier molecular flexibility index (Phi) is 5.06. The van der Waals surface area contributed by atoms with Gasteiger partial charge >= 0.3 is 0 Å². The minimum atomic E-state index is -0.920. The Labute approximate surface area is 117 Å². The van der Waals surface area contributed by atoms with Gasteiger partial charge in [-0.3, -0.25) is 14.6 Å². The van der Waals surface area contributed by atoms with E-state index in [-0.39, 0.29) is 11.9 Å². The third kappa shape index (κ3) is 3.77. The first-order chi connectivity index (χ1) is 9.70. The number of aliphatic hydroxyl groups is 1. The zero-order valence-electron chi connectivity index (χ0n) is 11.2. The van der Waals surface area contributed by atoms with Gasteiger partial charge in [0.05, 0.1) is 6.61 Å². The van der Waals surface area contributed by atoms with E-state index in [1.807, 2.05) is 0 Å². The van der Waals surface area contributed by atoms with E-state index < -0.39 is 18.6 Å². The Morgan fingerprint density at radius 1 is 1.30 bits per heavy atom. The molecular weight excluding hydrogens is 258 g/mol. The monoisotopic (exact) mass is 277 g/mol. The van der Waals surface area contributed by atoms with Crippen molar-refractivity contribution >= 4 is 11.8 Å². The third-order valence-corrected chi connectivity index (χ3v) is 3.45. The van der Waals surface area contributed by atoms with E-state index in [1.54, 1.807) is 12.1 Å². The lowest BCUT2D eigenvalue weighted by atomic mass is 10.2. The second-order valence-electron chi connectivity index (χ2n) is 4.93. The fourth-order valence-corrected chi connectivity index (χ4v) is 2.31. The van der Waals surface area contributed by atoms with Crippen molar-refractivity contribution in [3.63, 3.8) is 0 Å². The van der Waals surface area contributed by atoms with Gasteiger partial charge in [-0.25, -0.2) is 0 Å². The molecule has 0 aliphatic heterocycles. The normalized spacial score (nSPS) is 16.6. The maximum Gasteiger partial charge on any atom is 0.252 e. The van der Waals surface area contributed by atoms with Gasteiger partial charge in [-0.15, -0.1) is 0 Å². The molecule has 1 aromatic rings. The fraction of sp³-hybridized carbons (Fsp3) is 0.500. The smallest absolute Gasteiger partial charge is 0.252 e. The number of hydrogen-bond donors (Lipinski definition) is 3. The molecule has 0 bridgehead atoms. The van der Waals surface area contributed by atoms with Gasteiger partial charge in [0.2, 0.25) is 5.91 Å². The first-order valence-electron chi connectivity index (χ1n) is 6.83. The number of aliphatic hydroxyl groups excluding tert-OH is 1. The van der Waals surface area contributed by atoms with Gasteiger partial charge in [-0.2, -0.15) is 0 Å². The predicted molar refractivity (Wildman–Crippen MR) is 73.0 cm³/mol. The molecule has 6 heteroatoms. The molecule has 1 fully saturated rings. The molecular formula is C14H19N3O3. The van der Waals surface area contributed by atoms with Crippen molar-refractivity contribution < 1.29 is 14.7 Å². The molecule has 0 saturated heterocycles. The molecule has 2 rings (SSSR count). The molecule has 1 saturated carbocycles. The first-order valence-corrected chi connectivity index (χ1v) is 6.83. The van der Waals surface area contributed by atoms with E-state index in [9.17, 15) is 14.7 Å². The Balaban J connectivity index is 1.91.